The van der Waals surface area contributed by atoms with Crippen LogP contribution in [-0.4, -0.2) is 13.1 Å². The molecule has 0 saturated heterocycles. The first-order valence-electron chi connectivity index (χ1n) is 6.67. The summed E-state index contributed by atoms with van der Waals surface area (Å²) in [6, 6.07) is 6.17. The zero-order valence-electron chi connectivity index (χ0n) is 11.5. The third kappa shape index (κ3) is 2.38. The quantitative estimate of drug-likeness (QED) is 0.869. The van der Waals surface area contributed by atoms with Gasteiger partial charge < -0.3 is 5.32 Å². The Morgan fingerprint density at radius 1 is 1.37 bits per heavy atom. The normalized spacial score (nSPS) is 31.1. The van der Waals surface area contributed by atoms with E-state index in [2.05, 4.69) is 19.2 Å². The molecule has 1 nitrogen and oxygen atoms in total. The van der Waals surface area contributed by atoms with Crippen molar-refractivity contribution >= 4 is 0 Å². The molecule has 0 heterocycles. The average molecular weight is 271 g/mol. The summed E-state index contributed by atoms with van der Waals surface area (Å²) in [5, 5.41) is 3.27. The maximum absolute atomic E-state index is 12.8. The fraction of sp³-hybridized carbons (Fsp3) is 0.600. The number of hydrogen-bond donors (Lipinski definition) is 1. The molecule has 1 aliphatic carbocycles. The first-order chi connectivity index (χ1) is 8.82. The largest absolute Gasteiger partial charge is 0.416 e. The predicted octanol–water partition coefficient (Wildman–Crippen LogP) is 4.20. The number of alkyl halides is 3. The fourth-order valence-electron chi connectivity index (χ4n) is 3.25. The molecule has 0 spiro atoms. The molecule has 1 N–H and O–H groups in total. The Labute approximate surface area is 112 Å². The highest BCUT2D eigenvalue weighted by atomic mass is 19.4. The lowest BCUT2D eigenvalue weighted by molar-refractivity contribution is -0.137. The van der Waals surface area contributed by atoms with Crippen molar-refractivity contribution in [1.82, 2.24) is 5.32 Å². The van der Waals surface area contributed by atoms with Crippen molar-refractivity contribution in [3.05, 3.63) is 35.4 Å². The van der Waals surface area contributed by atoms with Gasteiger partial charge in [-0.05, 0) is 42.9 Å². The fourth-order valence-corrected chi connectivity index (χ4v) is 3.25. The lowest BCUT2D eigenvalue weighted by atomic mass is 9.54. The van der Waals surface area contributed by atoms with Gasteiger partial charge in [0.2, 0.25) is 0 Å². The Hall–Kier alpha value is -1.03. The molecule has 4 heteroatoms. The van der Waals surface area contributed by atoms with Crippen molar-refractivity contribution in [1.29, 1.82) is 0 Å². The Morgan fingerprint density at radius 3 is 2.58 bits per heavy atom. The van der Waals surface area contributed by atoms with Crippen LogP contribution in [0.15, 0.2) is 24.3 Å². The smallest absolute Gasteiger partial charge is 0.316 e. The van der Waals surface area contributed by atoms with Gasteiger partial charge >= 0.3 is 6.18 Å². The maximum Gasteiger partial charge on any atom is 0.416 e. The van der Waals surface area contributed by atoms with E-state index in [4.69, 9.17) is 0 Å². The van der Waals surface area contributed by atoms with Crippen LogP contribution >= 0.6 is 0 Å². The van der Waals surface area contributed by atoms with Gasteiger partial charge in [0.15, 0.2) is 0 Å². The molecule has 0 aliphatic heterocycles. The highest BCUT2D eigenvalue weighted by Crippen LogP contribution is 2.55. The molecule has 3 unspecified atom stereocenters. The van der Waals surface area contributed by atoms with Gasteiger partial charge in [0.05, 0.1) is 5.56 Å². The summed E-state index contributed by atoms with van der Waals surface area (Å²) in [5.41, 5.74) is 0.306. The van der Waals surface area contributed by atoms with E-state index in [1.165, 1.54) is 12.1 Å². The van der Waals surface area contributed by atoms with Crippen molar-refractivity contribution in [3.8, 4) is 0 Å². The zero-order chi connectivity index (χ0) is 14.3. The molecule has 1 fully saturated rings. The predicted molar refractivity (Wildman–Crippen MR) is 70.0 cm³/mol. The second-order valence-electron chi connectivity index (χ2n) is 5.61. The third-order valence-corrected chi connectivity index (χ3v) is 4.79. The Kier molecular flexibility index (Phi) is 3.65. The Balaban J connectivity index is 2.29. The summed E-state index contributed by atoms with van der Waals surface area (Å²) in [5.74, 6) is 0.206. The third-order valence-electron chi connectivity index (χ3n) is 4.79. The van der Waals surface area contributed by atoms with Crippen LogP contribution < -0.4 is 5.32 Å². The highest BCUT2D eigenvalue weighted by molar-refractivity contribution is 5.33. The van der Waals surface area contributed by atoms with Crippen LogP contribution in [0.25, 0.3) is 0 Å². The van der Waals surface area contributed by atoms with E-state index in [9.17, 15) is 13.2 Å². The van der Waals surface area contributed by atoms with Crippen molar-refractivity contribution in [2.75, 3.05) is 7.05 Å². The van der Waals surface area contributed by atoms with E-state index in [0.29, 0.717) is 6.04 Å². The average Bonchev–Trinajstić information content (AvgIpc) is 2.36. The van der Waals surface area contributed by atoms with E-state index in [1.807, 2.05) is 13.1 Å². The summed E-state index contributed by atoms with van der Waals surface area (Å²) in [6.07, 6.45) is -2.40. The molecule has 19 heavy (non-hydrogen) atoms. The van der Waals surface area contributed by atoms with Crippen LogP contribution in [0.2, 0.25) is 0 Å². The molecule has 2 rings (SSSR count). The molecular weight excluding hydrogens is 251 g/mol. The Bertz CT molecular complexity index is 455. The summed E-state index contributed by atoms with van der Waals surface area (Å²) in [7, 11) is 1.92. The summed E-state index contributed by atoms with van der Waals surface area (Å²) >= 11 is 0. The lowest BCUT2D eigenvalue weighted by Gasteiger charge is -2.54. The van der Waals surface area contributed by atoms with Gasteiger partial charge in [-0.3, -0.25) is 0 Å². The SMILES string of the molecule is CCC1(C)C(NC)CC1c1cccc(C(F)(F)F)c1. The molecule has 0 radical (unpaired) electrons. The minimum Gasteiger partial charge on any atom is -0.316 e. The van der Waals surface area contributed by atoms with E-state index >= 15 is 0 Å². The first kappa shape index (κ1) is 14.4. The van der Waals surface area contributed by atoms with Crippen LogP contribution in [0.1, 0.15) is 43.7 Å². The second kappa shape index (κ2) is 4.82. The highest BCUT2D eigenvalue weighted by Gasteiger charge is 2.50. The van der Waals surface area contributed by atoms with Gasteiger partial charge in [-0.2, -0.15) is 13.2 Å². The number of hydrogen-bond acceptors (Lipinski definition) is 1. The summed E-state index contributed by atoms with van der Waals surface area (Å²) in [6.45, 7) is 4.26. The van der Waals surface area contributed by atoms with Gasteiger partial charge in [-0.15, -0.1) is 0 Å². The monoisotopic (exact) mass is 271 g/mol. The minimum atomic E-state index is -4.26. The van der Waals surface area contributed by atoms with Gasteiger partial charge in [-0.1, -0.05) is 32.0 Å². The number of halogens is 3. The van der Waals surface area contributed by atoms with Crippen molar-refractivity contribution < 1.29 is 13.2 Å². The number of rotatable bonds is 3. The van der Waals surface area contributed by atoms with Crippen LogP contribution in [-0.2, 0) is 6.18 Å². The molecule has 1 aromatic carbocycles. The maximum atomic E-state index is 12.8. The molecule has 0 aromatic heterocycles. The second-order valence-corrected chi connectivity index (χ2v) is 5.61. The van der Waals surface area contributed by atoms with Crippen molar-refractivity contribution in [2.45, 2.75) is 44.8 Å². The summed E-state index contributed by atoms with van der Waals surface area (Å²) < 4.78 is 38.3. The van der Waals surface area contributed by atoms with E-state index in [0.717, 1.165) is 24.5 Å². The molecule has 1 aliphatic rings. The minimum absolute atomic E-state index is 0.0406. The van der Waals surface area contributed by atoms with E-state index in [-0.39, 0.29) is 11.3 Å². The first-order valence-corrected chi connectivity index (χ1v) is 6.67. The van der Waals surface area contributed by atoms with Gasteiger partial charge in [0.1, 0.15) is 0 Å². The standard InChI is InChI=1S/C15H20F3N/c1-4-14(2)12(9-13(14)19-3)10-6-5-7-11(8-10)15(16,17)18/h5-8,12-13,19H,4,9H2,1-3H3. The number of benzene rings is 1. The van der Waals surface area contributed by atoms with Gasteiger partial charge in [0, 0.05) is 6.04 Å². The summed E-state index contributed by atoms with van der Waals surface area (Å²) in [4.78, 5) is 0. The van der Waals surface area contributed by atoms with E-state index < -0.39 is 11.7 Å². The molecule has 1 saturated carbocycles. The molecule has 106 valence electrons. The van der Waals surface area contributed by atoms with Crippen LogP contribution in [0.5, 0.6) is 0 Å². The van der Waals surface area contributed by atoms with E-state index in [1.54, 1.807) is 0 Å². The Morgan fingerprint density at radius 2 is 2.05 bits per heavy atom. The molecule has 0 bridgehead atoms. The molecule has 1 aromatic rings. The van der Waals surface area contributed by atoms with Crippen LogP contribution in [0, 0.1) is 5.41 Å². The molecule has 0 amide bonds. The van der Waals surface area contributed by atoms with Crippen LogP contribution in [0.3, 0.4) is 0 Å². The van der Waals surface area contributed by atoms with Gasteiger partial charge in [-0.25, -0.2) is 0 Å². The molecular formula is C15H20F3N. The lowest BCUT2D eigenvalue weighted by Crippen LogP contribution is -2.55. The van der Waals surface area contributed by atoms with Crippen LogP contribution in [0.4, 0.5) is 13.2 Å². The zero-order valence-corrected chi connectivity index (χ0v) is 11.5. The van der Waals surface area contributed by atoms with Crippen molar-refractivity contribution in [2.24, 2.45) is 5.41 Å². The molecule has 3 atom stereocenters. The topological polar surface area (TPSA) is 12.0 Å². The van der Waals surface area contributed by atoms with Gasteiger partial charge in [0.25, 0.3) is 0 Å². The number of nitrogens with one attached hydrogen (secondary N) is 1. The van der Waals surface area contributed by atoms with Crippen molar-refractivity contribution in [3.63, 3.8) is 0 Å².